The Hall–Kier alpha value is -2.05. The number of carbonyl (C=O) groups is 1. The van der Waals surface area contributed by atoms with Gasteiger partial charge in [-0.25, -0.2) is 0 Å². The maximum atomic E-state index is 13.5. The standard InChI is InChI=1S/C23H26N2O4/c1-27-16-8-14-15(9-17(16)28-2)25-20(26)10-18-21-13-7-19-23(14,22(21)25)4-5-24(19)11-12(13)3-6-29-18/h3,8-9,13,18-19,21-22H,4-7,10-11H2,1-2H3/t13-,18+,19-,21-,22-,23+/m1/s1. The van der Waals surface area contributed by atoms with Crippen LogP contribution in [0.5, 0.6) is 11.5 Å². The maximum absolute atomic E-state index is 13.5. The third kappa shape index (κ3) is 1.76. The van der Waals surface area contributed by atoms with Crippen LogP contribution in [-0.2, 0) is 14.9 Å². The van der Waals surface area contributed by atoms with Gasteiger partial charge >= 0.3 is 0 Å². The van der Waals surface area contributed by atoms with Gasteiger partial charge in [-0.3, -0.25) is 9.69 Å². The fraction of sp³-hybridized carbons (Fsp3) is 0.609. The number of ether oxygens (including phenoxy) is 3. The van der Waals surface area contributed by atoms with Crippen molar-refractivity contribution in [3.8, 4) is 11.5 Å². The molecule has 0 radical (unpaired) electrons. The van der Waals surface area contributed by atoms with Crippen LogP contribution in [0, 0.1) is 11.8 Å². The fourth-order valence-electron chi connectivity index (χ4n) is 7.87. The topological polar surface area (TPSA) is 51.2 Å². The molecule has 6 atom stereocenters. The lowest BCUT2D eigenvalue weighted by Crippen LogP contribution is -2.69. The quantitative estimate of drug-likeness (QED) is 0.719. The molecule has 6 nitrogen and oxygen atoms in total. The number of carbonyl (C=O) groups excluding carboxylic acids is 1. The van der Waals surface area contributed by atoms with E-state index in [4.69, 9.17) is 14.2 Å². The second-order valence-corrected chi connectivity index (χ2v) is 9.48. The number of rotatable bonds is 2. The van der Waals surface area contributed by atoms with Crippen LogP contribution in [0.3, 0.4) is 0 Å². The summed E-state index contributed by atoms with van der Waals surface area (Å²) in [6.07, 6.45) is 5.11. The van der Waals surface area contributed by atoms with Crippen molar-refractivity contribution < 1.29 is 19.0 Å². The van der Waals surface area contributed by atoms with E-state index in [-0.39, 0.29) is 23.5 Å². The first-order valence-corrected chi connectivity index (χ1v) is 10.8. The van der Waals surface area contributed by atoms with Crippen molar-refractivity contribution >= 4 is 11.6 Å². The number of benzene rings is 1. The molecule has 3 saturated heterocycles. The lowest BCUT2D eigenvalue weighted by Gasteiger charge is -2.58. The van der Waals surface area contributed by atoms with Crippen LogP contribution < -0.4 is 14.4 Å². The van der Waals surface area contributed by atoms with Crippen molar-refractivity contribution in [2.45, 2.75) is 42.9 Å². The molecule has 0 aromatic heterocycles. The molecule has 1 saturated carbocycles. The number of nitrogens with zero attached hydrogens (tertiary/aromatic N) is 2. The molecule has 152 valence electrons. The SMILES string of the molecule is COc1cc2c(cc1OC)[C@]13CCN4CC5=CCO[C@H]6CC(=O)N2[C@@H]1[C@@H]6[C@@H]5C[C@@H]43. The summed E-state index contributed by atoms with van der Waals surface area (Å²) >= 11 is 0. The van der Waals surface area contributed by atoms with Gasteiger partial charge in [0.05, 0.1) is 45.1 Å². The van der Waals surface area contributed by atoms with Gasteiger partial charge in [0.25, 0.3) is 0 Å². The molecule has 0 N–H and O–H groups in total. The average Bonchev–Trinajstić information content (AvgIpc) is 3.20. The van der Waals surface area contributed by atoms with E-state index >= 15 is 0 Å². The molecule has 1 aliphatic carbocycles. The van der Waals surface area contributed by atoms with Crippen LogP contribution in [0.2, 0.25) is 0 Å². The van der Waals surface area contributed by atoms with Crippen LogP contribution >= 0.6 is 0 Å². The van der Waals surface area contributed by atoms with Gasteiger partial charge in [0.1, 0.15) is 0 Å². The number of amides is 1. The van der Waals surface area contributed by atoms with Crippen LogP contribution in [-0.4, -0.2) is 62.9 Å². The Morgan fingerprint density at radius 2 is 2.03 bits per heavy atom. The summed E-state index contributed by atoms with van der Waals surface area (Å²) in [4.78, 5) is 18.3. The molecule has 2 bridgehead atoms. The summed E-state index contributed by atoms with van der Waals surface area (Å²) in [5.41, 5.74) is 3.85. The predicted octanol–water partition coefficient (Wildman–Crippen LogP) is 2.11. The minimum Gasteiger partial charge on any atom is -0.493 e. The van der Waals surface area contributed by atoms with Gasteiger partial charge in [-0.15, -0.1) is 0 Å². The Morgan fingerprint density at radius 3 is 2.86 bits per heavy atom. The first-order valence-electron chi connectivity index (χ1n) is 10.8. The largest absolute Gasteiger partial charge is 0.493 e. The average molecular weight is 394 g/mol. The van der Waals surface area contributed by atoms with E-state index in [1.165, 1.54) is 12.0 Å². The molecule has 29 heavy (non-hydrogen) atoms. The Morgan fingerprint density at radius 1 is 1.21 bits per heavy atom. The predicted molar refractivity (Wildman–Crippen MR) is 107 cm³/mol. The highest BCUT2D eigenvalue weighted by Gasteiger charge is 2.71. The maximum Gasteiger partial charge on any atom is 0.229 e. The van der Waals surface area contributed by atoms with E-state index in [2.05, 4.69) is 21.9 Å². The third-order valence-corrected chi connectivity index (χ3v) is 8.81. The number of methoxy groups -OCH3 is 2. The Bertz CT molecular complexity index is 974. The highest BCUT2D eigenvalue weighted by Crippen LogP contribution is 2.66. The van der Waals surface area contributed by atoms with Crippen LogP contribution in [0.4, 0.5) is 5.69 Å². The lowest BCUT2D eigenvalue weighted by atomic mass is 9.53. The summed E-state index contributed by atoms with van der Waals surface area (Å²) in [5.74, 6) is 2.57. The van der Waals surface area contributed by atoms with Gasteiger partial charge in [-0.1, -0.05) is 11.6 Å². The highest BCUT2D eigenvalue weighted by molar-refractivity contribution is 5.99. The number of anilines is 1. The van der Waals surface area contributed by atoms with E-state index in [1.807, 2.05) is 6.07 Å². The Kier molecular flexibility index (Phi) is 3.08. The first kappa shape index (κ1) is 16.7. The highest BCUT2D eigenvalue weighted by atomic mass is 16.5. The molecular weight excluding hydrogens is 368 g/mol. The van der Waals surface area contributed by atoms with E-state index in [9.17, 15) is 4.79 Å². The molecule has 1 aromatic rings. The lowest BCUT2D eigenvalue weighted by molar-refractivity contribution is -0.132. The van der Waals surface area contributed by atoms with Crippen LogP contribution in [0.1, 0.15) is 24.8 Å². The zero-order valence-electron chi connectivity index (χ0n) is 16.9. The minimum absolute atomic E-state index is 0.0242. The van der Waals surface area contributed by atoms with Crippen LogP contribution in [0.15, 0.2) is 23.8 Å². The minimum atomic E-state index is -0.0242. The molecule has 6 heteroatoms. The number of piperidine rings is 2. The zero-order chi connectivity index (χ0) is 19.5. The second kappa shape index (κ2) is 5.35. The van der Waals surface area contributed by atoms with E-state index in [0.717, 1.165) is 30.9 Å². The number of fused-ring (bicyclic) bond motifs is 2. The van der Waals surface area contributed by atoms with Crippen molar-refractivity contribution in [3.05, 3.63) is 29.3 Å². The van der Waals surface area contributed by atoms with Gasteiger partial charge in [-0.2, -0.15) is 0 Å². The molecule has 5 heterocycles. The van der Waals surface area contributed by atoms with E-state index in [1.54, 1.807) is 19.8 Å². The van der Waals surface area contributed by atoms with Gasteiger partial charge in [-0.05, 0) is 36.9 Å². The normalized spacial score (nSPS) is 41.0. The van der Waals surface area contributed by atoms with Crippen molar-refractivity contribution in [1.82, 2.24) is 4.90 Å². The van der Waals surface area contributed by atoms with Gasteiger partial charge in [0, 0.05) is 30.0 Å². The van der Waals surface area contributed by atoms with Gasteiger partial charge in [0.15, 0.2) is 11.5 Å². The molecule has 5 aliphatic heterocycles. The van der Waals surface area contributed by atoms with Crippen molar-refractivity contribution in [1.29, 1.82) is 0 Å². The van der Waals surface area contributed by atoms with E-state index in [0.29, 0.717) is 36.7 Å². The molecule has 1 amide bonds. The van der Waals surface area contributed by atoms with Crippen molar-refractivity contribution in [3.63, 3.8) is 0 Å². The summed E-state index contributed by atoms with van der Waals surface area (Å²) in [6.45, 7) is 2.80. The second-order valence-electron chi connectivity index (χ2n) is 9.48. The molecule has 4 fully saturated rings. The first-order chi connectivity index (χ1) is 14.2. The molecule has 1 aromatic carbocycles. The third-order valence-electron chi connectivity index (χ3n) is 8.81. The fourth-order valence-corrected chi connectivity index (χ4v) is 7.87. The molecule has 7 rings (SSSR count). The molecule has 6 aliphatic rings. The molecule has 1 spiro atoms. The Balaban J connectivity index is 1.52. The van der Waals surface area contributed by atoms with E-state index < -0.39 is 0 Å². The van der Waals surface area contributed by atoms with Gasteiger partial charge in [0.2, 0.25) is 5.91 Å². The van der Waals surface area contributed by atoms with Crippen LogP contribution in [0.25, 0.3) is 0 Å². The summed E-state index contributed by atoms with van der Waals surface area (Å²) in [7, 11) is 3.36. The monoisotopic (exact) mass is 394 g/mol. The molecular formula is C23H26N2O4. The van der Waals surface area contributed by atoms with Gasteiger partial charge < -0.3 is 19.1 Å². The van der Waals surface area contributed by atoms with Crippen molar-refractivity contribution in [2.75, 3.05) is 38.8 Å². The molecule has 0 unspecified atom stereocenters. The summed E-state index contributed by atoms with van der Waals surface area (Å²) < 4.78 is 17.6. The number of hydrogen-bond donors (Lipinski definition) is 0. The summed E-state index contributed by atoms with van der Waals surface area (Å²) in [5, 5.41) is 0. The summed E-state index contributed by atoms with van der Waals surface area (Å²) in [6, 6.07) is 4.87. The number of hydrogen-bond acceptors (Lipinski definition) is 5. The Labute approximate surface area is 170 Å². The smallest absolute Gasteiger partial charge is 0.229 e. The van der Waals surface area contributed by atoms with Crippen molar-refractivity contribution in [2.24, 2.45) is 11.8 Å². The zero-order valence-corrected chi connectivity index (χ0v) is 16.9.